The highest BCUT2D eigenvalue weighted by Gasteiger charge is 2.25. The smallest absolute Gasteiger partial charge is 0.340 e. The van der Waals surface area contributed by atoms with Gasteiger partial charge in [0.05, 0.1) is 15.5 Å². The number of nitrogens with one attached hydrogen (secondary N) is 1. The lowest BCUT2D eigenvalue weighted by Crippen LogP contribution is -2.40. The van der Waals surface area contributed by atoms with E-state index in [9.17, 15) is 18.0 Å². The van der Waals surface area contributed by atoms with Gasteiger partial charge in [-0.2, -0.15) is 0 Å². The van der Waals surface area contributed by atoms with Gasteiger partial charge in [0.15, 0.2) is 15.9 Å². The Morgan fingerprint density at radius 1 is 1.29 bits per heavy atom. The van der Waals surface area contributed by atoms with Crippen LogP contribution in [-0.4, -0.2) is 38.7 Å². The summed E-state index contributed by atoms with van der Waals surface area (Å²) in [4.78, 5) is 24.2. The molecule has 1 amide bonds. The number of carbonyl (C=O) groups is 2. The molecule has 6 nitrogen and oxygen atoms in total. The fraction of sp³-hybridized carbons (Fsp3) is 0.500. The van der Waals surface area contributed by atoms with E-state index in [2.05, 4.69) is 5.32 Å². The third kappa shape index (κ3) is 4.70. The van der Waals surface area contributed by atoms with Crippen molar-refractivity contribution < 1.29 is 22.7 Å². The Morgan fingerprint density at radius 3 is 2.50 bits per heavy atom. The molecular formula is C16H20ClNO5S. The number of hydrogen-bond acceptors (Lipinski definition) is 5. The number of carbonyl (C=O) groups excluding carboxylic acids is 2. The molecule has 2 rings (SSSR count). The average molecular weight is 374 g/mol. The Kier molecular flexibility index (Phi) is 5.87. The van der Waals surface area contributed by atoms with Crippen molar-refractivity contribution in [3.63, 3.8) is 0 Å². The highest BCUT2D eigenvalue weighted by molar-refractivity contribution is 7.90. The van der Waals surface area contributed by atoms with Gasteiger partial charge in [0.1, 0.15) is 0 Å². The number of sulfone groups is 1. The minimum absolute atomic E-state index is 0.0399. The molecule has 0 spiro atoms. The maximum atomic E-state index is 12.2. The summed E-state index contributed by atoms with van der Waals surface area (Å²) in [5.74, 6) is -1.20. The molecule has 0 saturated heterocycles. The summed E-state index contributed by atoms with van der Waals surface area (Å²) in [5.41, 5.74) is -0.0832. The standard InChI is InChI=1S/C16H20ClNO5S/c1-10(15(19)18-11-5-3-4-6-11)23-16(20)13-9-12(24(2,21)22)7-8-14(13)17/h7-11H,3-6H2,1-2H3,(H,18,19). The summed E-state index contributed by atoms with van der Waals surface area (Å²) in [6.07, 6.45) is 4.04. The van der Waals surface area contributed by atoms with Crippen LogP contribution in [0.15, 0.2) is 23.1 Å². The molecule has 1 aromatic rings. The van der Waals surface area contributed by atoms with Gasteiger partial charge < -0.3 is 10.1 Å². The molecule has 0 aromatic heterocycles. The zero-order valence-corrected chi connectivity index (χ0v) is 15.1. The lowest BCUT2D eigenvalue weighted by molar-refractivity contribution is -0.129. The van der Waals surface area contributed by atoms with E-state index in [-0.39, 0.29) is 27.4 Å². The maximum absolute atomic E-state index is 12.2. The molecule has 0 bridgehead atoms. The highest BCUT2D eigenvalue weighted by atomic mass is 35.5. The van der Waals surface area contributed by atoms with E-state index in [1.165, 1.54) is 19.1 Å². The van der Waals surface area contributed by atoms with E-state index >= 15 is 0 Å². The largest absolute Gasteiger partial charge is 0.449 e. The fourth-order valence-corrected chi connectivity index (χ4v) is 3.40. The average Bonchev–Trinajstić information content (AvgIpc) is 2.99. The number of hydrogen-bond donors (Lipinski definition) is 1. The first-order valence-electron chi connectivity index (χ1n) is 7.69. The SMILES string of the molecule is CC(OC(=O)c1cc(S(C)(=O)=O)ccc1Cl)C(=O)NC1CCCC1. The third-order valence-electron chi connectivity index (χ3n) is 3.94. The Labute approximate surface area is 146 Å². The van der Waals surface area contributed by atoms with Crippen LogP contribution in [0, 0.1) is 0 Å². The normalized spacial score (nSPS) is 16.6. The van der Waals surface area contributed by atoms with Gasteiger partial charge in [-0.3, -0.25) is 4.79 Å². The zero-order valence-electron chi connectivity index (χ0n) is 13.5. The predicted molar refractivity (Wildman–Crippen MR) is 89.8 cm³/mol. The van der Waals surface area contributed by atoms with Crippen LogP contribution in [-0.2, 0) is 19.4 Å². The first-order chi connectivity index (χ1) is 11.2. The van der Waals surface area contributed by atoms with Gasteiger partial charge in [-0.15, -0.1) is 0 Å². The van der Waals surface area contributed by atoms with E-state index in [0.29, 0.717) is 0 Å². The number of rotatable bonds is 5. The molecule has 1 aliphatic carbocycles. The van der Waals surface area contributed by atoms with Crippen molar-refractivity contribution in [1.82, 2.24) is 5.32 Å². The Morgan fingerprint density at radius 2 is 1.92 bits per heavy atom. The number of esters is 1. The van der Waals surface area contributed by atoms with Gasteiger partial charge in [-0.25, -0.2) is 13.2 Å². The van der Waals surface area contributed by atoms with Crippen molar-refractivity contribution in [2.75, 3.05) is 6.26 Å². The molecule has 1 aromatic carbocycles. The topological polar surface area (TPSA) is 89.5 Å². The lowest BCUT2D eigenvalue weighted by Gasteiger charge is -2.17. The van der Waals surface area contributed by atoms with Crippen molar-refractivity contribution in [3.05, 3.63) is 28.8 Å². The summed E-state index contributed by atoms with van der Waals surface area (Å²) in [6, 6.07) is 3.90. The number of ether oxygens (including phenoxy) is 1. The summed E-state index contributed by atoms with van der Waals surface area (Å²) in [5, 5.41) is 2.91. The first kappa shape index (κ1) is 18.7. The van der Waals surface area contributed by atoms with Gasteiger partial charge in [0.25, 0.3) is 5.91 Å². The molecule has 0 radical (unpaired) electrons. The second kappa shape index (κ2) is 7.53. The first-order valence-corrected chi connectivity index (χ1v) is 9.96. The number of halogens is 1. The van der Waals surface area contributed by atoms with Crippen LogP contribution in [0.1, 0.15) is 43.0 Å². The second-order valence-corrected chi connectivity index (χ2v) is 8.37. The van der Waals surface area contributed by atoms with Crippen LogP contribution < -0.4 is 5.32 Å². The molecule has 1 N–H and O–H groups in total. The van der Waals surface area contributed by atoms with Gasteiger partial charge in [0.2, 0.25) is 0 Å². The molecular weight excluding hydrogens is 354 g/mol. The molecule has 1 saturated carbocycles. The molecule has 1 fully saturated rings. The Hall–Kier alpha value is -1.60. The van der Waals surface area contributed by atoms with Crippen LogP contribution in [0.2, 0.25) is 5.02 Å². The van der Waals surface area contributed by atoms with Gasteiger partial charge in [-0.1, -0.05) is 24.4 Å². The highest BCUT2D eigenvalue weighted by Crippen LogP contribution is 2.22. The molecule has 8 heteroatoms. The molecule has 24 heavy (non-hydrogen) atoms. The lowest BCUT2D eigenvalue weighted by atomic mass is 10.2. The monoisotopic (exact) mass is 373 g/mol. The van der Waals surface area contributed by atoms with Gasteiger partial charge in [-0.05, 0) is 38.0 Å². The van der Waals surface area contributed by atoms with Crippen LogP contribution in [0.5, 0.6) is 0 Å². The van der Waals surface area contributed by atoms with E-state index < -0.39 is 21.9 Å². The molecule has 132 valence electrons. The third-order valence-corrected chi connectivity index (χ3v) is 5.38. The quantitative estimate of drug-likeness (QED) is 0.800. The molecule has 1 aliphatic rings. The van der Waals surface area contributed by atoms with Crippen molar-refractivity contribution in [2.24, 2.45) is 0 Å². The molecule has 1 atom stereocenters. The fourth-order valence-electron chi connectivity index (χ4n) is 2.56. The molecule has 0 aliphatic heterocycles. The van der Waals surface area contributed by atoms with Crippen molar-refractivity contribution in [3.8, 4) is 0 Å². The van der Waals surface area contributed by atoms with Crippen LogP contribution in [0.4, 0.5) is 0 Å². The molecule has 0 heterocycles. The Bertz CT molecular complexity index is 741. The van der Waals surface area contributed by atoms with Gasteiger partial charge >= 0.3 is 5.97 Å². The number of benzene rings is 1. The van der Waals surface area contributed by atoms with Crippen LogP contribution in [0.3, 0.4) is 0 Å². The summed E-state index contributed by atoms with van der Waals surface area (Å²) in [7, 11) is -3.48. The maximum Gasteiger partial charge on any atom is 0.340 e. The zero-order chi connectivity index (χ0) is 17.9. The summed E-state index contributed by atoms with van der Waals surface area (Å²) < 4.78 is 28.3. The van der Waals surface area contributed by atoms with E-state index in [1.807, 2.05) is 0 Å². The second-order valence-electron chi connectivity index (χ2n) is 5.95. The van der Waals surface area contributed by atoms with E-state index in [0.717, 1.165) is 38.0 Å². The number of amides is 1. The van der Waals surface area contributed by atoms with E-state index in [4.69, 9.17) is 16.3 Å². The minimum atomic E-state index is -3.48. The molecule has 1 unspecified atom stereocenters. The summed E-state index contributed by atoms with van der Waals surface area (Å²) >= 11 is 5.95. The summed E-state index contributed by atoms with van der Waals surface area (Å²) in [6.45, 7) is 1.47. The van der Waals surface area contributed by atoms with Gasteiger partial charge in [0, 0.05) is 12.3 Å². The van der Waals surface area contributed by atoms with Crippen LogP contribution >= 0.6 is 11.6 Å². The van der Waals surface area contributed by atoms with Crippen molar-refractivity contribution >= 4 is 33.3 Å². The Balaban J connectivity index is 2.07. The van der Waals surface area contributed by atoms with E-state index in [1.54, 1.807) is 0 Å². The van der Waals surface area contributed by atoms with Crippen LogP contribution in [0.25, 0.3) is 0 Å². The predicted octanol–water partition coefficient (Wildman–Crippen LogP) is 2.35. The minimum Gasteiger partial charge on any atom is -0.449 e. The van der Waals surface area contributed by atoms with Crippen molar-refractivity contribution in [1.29, 1.82) is 0 Å². The van der Waals surface area contributed by atoms with Crippen molar-refractivity contribution in [2.45, 2.75) is 49.6 Å².